The molecule has 4 rings (SSSR count). The lowest BCUT2D eigenvalue weighted by atomic mass is 10.1. The molecule has 11 heteroatoms. The Morgan fingerprint density at radius 1 is 1.05 bits per heavy atom. The van der Waals surface area contributed by atoms with Crippen LogP contribution < -0.4 is 14.4 Å². The number of sulfonamides is 1. The molecule has 8 nitrogen and oxygen atoms in total. The maximum Gasteiger partial charge on any atom is 0.264 e. The Labute approximate surface area is 251 Å². The van der Waals surface area contributed by atoms with E-state index in [2.05, 4.69) is 5.32 Å². The van der Waals surface area contributed by atoms with E-state index in [0.29, 0.717) is 12.2 Å². The van der Waals surface area contributed by atoms with Gasteiger partial charge in [-0.3, -0.25) is 13.9 Å². The van der Waals surface area contributed by atoms with Crippen molar-refractivity contribution in [1.29, 1.82) is 0 Å². The summed E-state index contributed by atoms with van der Waals surface area (Å²) in [4.78, 5) is 29.0. The molecule has 1 fully saturated rings. The average molecular weight is 616 g/mol. The van der Waals surface area contributed by atoms with Gasteiger partial charge in [-0.05, 0) is 67.3 Å². The largest absolute Gasteiger partial charge is 0.497 e. The molecule has 0 heterocycles. The Kier molecular flexibility index (Phi) is 10.5. The molecule has 0 radical (unpaired) electrons. The van der Waals surface area contributed by atoms with Crippen molar-refractivity contribution in [3.05, 3.63) is 89.2 Å². The van der Waals surface area contributed by atoms with Gasteiger partial charge in [-0.25, -0.2) is 12.8 Å². The molecule has 0 aliphatic heterocycles. The SMILES string of the molecule is CC[C@H](C(=O)NC1CCCC1)N(Cc1ccc(OC)cc1)C(=O)CN(c1ccc(F)c(Cl)c1)S(=O)(=O)c1ccccc1. The van der Waals surface area contributed by atoms with Gasteiger partial charge < -0.3 is 15.0 Å². The van der Waals surface area contributed by atoms with E-state index >= 15 is 0 Å². The summed E-state index contributed by atoms with van der Waals surface area (Å²) in [6.07, 6.45) is 4.13. The van der Waals surface area contributed by atoms with Crippen molar-refractivity contribution in [2.75, 3.05) is 18.0 Å². The van der Waals surface area contributed by atoms with E-state index < -0.39 is 34.3 Å². The van der Waals surface area contributed by atoms with Crippen molar-refractivity contribution in [3.8, 4) is 5.75 Å². The molecule has 3 aromatic rings. The molecule has 2 amide bonds. The highest BCUT2D eigenvalue weighted by molar-refractivity contribution is 7.92. The van der Waals surface area contributed by atoms with Gasteiger partial charge >= 0.3 is 0 Å². The zero-order valence-electron chi connectivity index (χ0n) is 23.6. The molecular formula is C31H35ClFN3O5S. The third-order valence-electron chi connectivity index (χ3n) is 7.40. The van der Waals surface area contributed by atoms with Crippen molar-refractivity contribution in [3.63, 3.8) is 0 Å². The summed E-state index contributed by atoms with van der Waals surface area (Å²) in [5.41, 5.74) is 0.755. The van der Waals surface area contributed by atoms with Gasteiger partial charge in [0.05, 0.1) is 22.7 Å². The minimum atomic E-state index is -4.28. The number of carbonyl (C=O) groups is 2. The zero-order valence-corrected chi connectivity index (χ0v) is 25.2. The third-order valence-corrected chi connectivity index (χ3v) is 9.48. The first-order valence-electron chi connectivity index (χ1n) is 13.9. The zero-order chi connectivity index (χ0) is 30.3. The fourth-order valence-electron chi connectivity index (χ4n) is 5.10. The summed E-state index contributed by atoms with van der Waals surface area (Å²) in [5, 5.41) is 2.79. The lowest BCUT2D eigenvalue weighted by Gasteiger charge is -2.33. The maximum atomic E-state index is 14.1. The van der Waals surface area contributed by atoms with E-state index in [1.165, 1.54) is 29.2 Å². The van der Waals surface area contributed by atoms with Crippen LogP contribution in [0, 0.1) is 5.82 Å². The van der Waals surface area contributed by atoms with Crippen LogP contribution >= 0.6 is 11.6 Å². The number of methoxy groups -OCH3 is 1. The van der Waals surface area contributed by atoms with Crippen LogP contribution in [0.4, 0.5) is 10.1 Å². The van der Waals surface area contributed by atoms with Crippen molar-refractivity contribution in [2.24, 2.45) is 0 Å². The number of anilines is 1. The number of amides is 2. The van der Waals surface area contributed by atoms with E-state index in [0.717, 1.165) is 41.6 Å². The Balaban J connectivity index is 1.72. The van der Waals surface area contributed by atoms with Crippen LogP contribution in [0.1, 0.15) is 44.6 Å². The van der Waals surface area contributed by atoms with E-state index in [4.69, 9.17) is 16.3 Å². The molecular weight excluding hydrogens is 581 g/mol. The number of ether oxygens (including phenoxy) is 1. The number of hydrogen-bond acceptors (Lipinski definition) is 5. The molecule has 0 unspecified atom stereocenters. The standard InChI is InChI=1S/C31H35ClFN3O5S/c1-3-29(31(38)34-23-9-7-8-10-23)35(20-22-13-16-25(41-2)17-14-22)30(37)21-36(24-15-18-28(33)27(32)19-24)42(39,40)26-11-5-4-6-12-26/h4-6,11-19,23,29H,3,7-10,20-21H2,1-2H3,(H,34,38)/t29-/m1/s1. The fourth-order valence-corrected chi connectivity index (χ4v) is 6.71. The smallest absolute Gasteiger partial charge is 0.264 e. The highest BCUT2D eigenvalue weighted by Gasteiger charge is 2.34. The van der Waals surface area contributed by atoms with Gasteiger partial charge in [0, 0.05) is 12.6 Å². The Morgan fingerprint density at radius 3 is 2.31 bits per heavy atom. The summed E-state index contributed by atoms with van der Waals surface area (Å²) >= 11 is 6.03. The van der Waals surface area contributed by atoms with Crippen LogP contribution in [0.3, 0.4) is 0 Å². The molecule has 0 aromatic heterocycles. The van der Waals surface area contributed by atoms with Crippen LogP contribution in [0.5, 0.6) is 5.75 Å². The second-order valence-electron chi connectivity index (χ2n) is 10.2. The summed E-state index contributed by atoms with van der Waals surface area (Å²) < 4.78 is 47.9. The fraction of sp³-hybridized carbons (Fsp3) is 0.355. The topological polar surface area (TPSA) is 96.0 Å². The van der Waals surface area contributed by atoms with Crippen molar-refractivity contribution < 1.29 is 27.1 Å². The van der Waals surface area contributed by atoms with E-state index in [1.807, 2.05) is 6.92 Å². The molecule has 1 aliphatic rings. The van der Waals surface area contributed by atoms with Crippen LogP contribution in [0.25, 0.3) is 0 Å². The van der Waals surface area contributed by atoms with Gasteiger partial charge in [0.15, 0.2) is 0 Å². The third kappa shape index (κ3) is 7.41. The molecule has 224 valence electrons. The molecule has 1 N–H and O–H groups in total. The number of carbonyl (C=O) groups excluding carboxylic acids is 2. The van der Waals surface area contributed by atoms with Gasteiger partial charge in [-0.15, -0.1) is 0 Å². The molecule has 1 saturated carbocycles. The highest BCUT2D eigenvalue weighted by atomic mass is 35.5. The maximum absolute atomic E-state index is 14.1. The Bertz CT molecular complexity index is 1480. The van der Waals surface area contributed by atoms with Crippen molar-refractivity contribution in [1.82, 2.24) is 10.2 Å². The van der Waals surface area contributed by atoms with Crippen LogP contribution in [-0.4, -0.2) is 50.9 Å². The molecule has 0 spiro atoms. The van der Waals surface area contributed by atoms with Crippen LogP contribution in [0.2, 0.25) is 5.02 Å². The minimum Gasteiger partial charge on any atom is -0.497 e. The van der Waals surface area contributed by atoms with Crippen LogP contribution in [0.15, 0.2) is 77.7 Å². The minimum absolute atomic E-state index is 0.0199. The van der Waals surface area contributed by atoms with Gasteiger partial charge in [0.1, 0.15) is 24.2 Å². The molecule has 3 aromatic carbocycles. The monoisotopic (exact) mass is 615 g/mol. The number of halogens is 2. The summed E-state index contributed by atoms with van der Waals surface area (Å²) in [6.45, 7) is 1.23. The summed E-state index contributed by atoms with van der Waals surface area (Å²) in [6, 6.07) is 17.4. The predicted molar refractivity (Wildman–Crippen MR) is 160 cm³/mol. The lowest BCUT2D eigenvalue weighted by molar-refractivity contribution is -0.140. The molecule has 0 saturated heterocycles. The second-order valence-corrected chi connectivity index (χ2v) is 12.5. The van der Waals surface area contributed by atoms with Gasteiger partial charge in [0.25, 0.3) is 10.0 Å². The summed E-state index contributed by atoms with van der Waals surface area (Å²) in [7, 11) is -2.73. The summed E-state index contributed by atoms with van der Waals surface area (Å²) in [5.74, 6) is -0.969. The van der Waals surface area contributed by atoms with Gasteiger partial charge in [-0.1, -0.05) is 61.7 Å². The van der Waals surface area contributed by atoms with E-state index in [1.54, 1.807) is 49.6 Å². The normalized spacial score (nSPS) is 14.3. The lowest BCUT2D eigenvalue weighted by Crippen LogP contribution is -2.53. The molecule has 1 atom stereocenters. The average Bonchev–Trinajstić information content (AvgIpc) is 3.51. The van der Waals surface area contributed by atoms with Crippen molar-refractivity contribution in [2.45, 2.75) is 62.6 Å². The van der Waals surface area contributed by atoms with Crippen molar-refractivity contribution >= 4 is 39.1 Å². The van der Waals surface area contributed by atoms with E-state index in [9.17, 15) is 22.4 Å². The number of rotatable bonds is 12. The number of nitrogens with zero attached hydrogens (tertiary/aromatic N) is 2. The first kappa shape index (κ1) is 31.3. The first-order valence-corrected chi connectivity index (χ1v) is 15.7. The Hall–Kier alpha value is -3.63. The van der Waals surface area contributed by atoms with E-state index in [-0.39, 0.29) is 34.1 Å². The number of nitrogens with one attached hydrogen (secondary N) is 1. The Morgan fingerprint density at radius 2 is 1.71 bits per heavy atom. The molecule has 1 aliphatic carbocycles. The van der Waals surface area contributed by atoms with Gasteiger partial charge in [0.2, 0.25) is 11.8 Å². The van der Waals surface area contributed by atoms with Crippen LogP contribution in [-0.2, 0) is 26.2 Å². The number of benzene rings is 3. The quantitative estimate of drug-likeness (QED) is 0.288. The number of hydrogen-bond donors (Lipinski definition) is 1. The second kappa shape index (κ2) is 14.0. The molecule has 42 heavy (non-hydrogen) atoms. The molecule has 0 bridgehead atoms. The predicted octanol–water partition coefficient (Wildman–Crippen LogP) is 5.55. The first-order chi connectivity index (χ1) is 20.1. The van der Waals surface area contributed by atoms with Gasteiger partial charge in [-0.2, -0.15) is 0 Å². The highest BCUT2D eigenvalue weighted by Crippen LogP contribution is 2.29.